The van der Waals surface area contributed by atoms with Crippen LogP contribution in [0.4, 0.5) is 11.8 Å². The number of hydrogen-bond donors (Lipinski definition) is 2. The number of halogens is 3. The molecule has 0 spiro atoms. The fourth-order valence-electron chi connectivity index (χ4n) is 6.53. The first-order valence-corrected chi connectivity index (χ1v) is 14.7. The van der Waals surface area contributed by atoms with E-state index >= 15 is 0 Å². The van der Waals surface area contributed by atoms with Crippen LogP contribution in [-0.4, -0.2) is 57.7 Å². The molecule has 2 unspecified atom stereocenters. The SMILES string of the molecule is Cc1nc(N2CC[C@@H](C3CCCCN3C3CC(C)(C(=O)O)C3)C2)nc(NC(C)c2ccc(Cl)cc2Cl)c1Cl. The summed E-state index contributed by atoms with van der Waals surface area (Å²) in [6, 6.07) is 6.20. The van der Waals surface area contributed by atoms with Crippen LogP contribution >= 0.6 is 34.8 Å². The molecule has 0 amide bonds. The van der Waals surface area contributed by atoms with Crippen molar-refractivity contribution in [3.8, 4) is 0 Å². The second-order valence-corrected chi connectivity index (χ2v) is 12.7. The van der Waals surface area contributed by atoms with Gasteiger partial charge in [0.2, 0.25) is 5.95 Å². The third kappa shape index (κ3) is 5.45. The highest BCUT2D eigenvalue weighted by Gasteiger charge is 2.51. The second-order valence-electron chi connectivity index (χ2n) is 11.5. The number of carbonyl (C=O) groups is 1. The zero-order valence-corrected chi connectivity index (χ0v) is 24.5. The highest BCUT2D eigenvalue weighted by Crippen LogP contribution is 2.46. The van der Waals surface area contributed by atoms with Crippen LogP contribution in [-0.2, 0) is 4.79 Å². The highest BCUT2D eigenvalue weighted by molar-refractivity contribution is 6.35. The predicted octanol–water partition coefficient (Wildman–Crippen LogP) is 6.85. The van der Waals surface area contributed by atoms with Crippen molar-refractivity contribution in [2.75, 3.05) is 29.9 Å². The van der Waals surface area contributed by atoms with Crippen LogP contribution in [0, 0.1) is 18.3 Å². The van der Waals surface area contributed by atoms with Gasteiger partial charge in [0, 0.05) is 35.2 Å². The van der Waals surface area contributed by atoms with E-state index < -0.39 is 11.4 Å². The zero-order chi connectivity index (χ0) is 27.2. The maximum Gasteiger partial charge on any atom is 0.309 e. The van der Waals surface area contributed by atoms with Gasteiger partial charge in [-0.05, 0) is 83.0 Å². The molecule has 2 saturated heterocycles. The summed E-state index contributed by atoms with van der Waals surface area (Å²) in [5.41, 5.74) is 1.08. The molecule has 38 heavy (non-hydrogen) atoms. The van der Waals surface area contributed by atoms with Crippen molar-refractivity contribution < 1.29 is 9.90 Å². The summed E-state index contributed by atoms with van der Waals surface area (Å²) in [5.74, 6) is 1.13. The molecule has 2 aromatic rings. The van der Waals surface area contributed by atoms with E-state index in [2.05, 4.69) is 15.1 Å². The molecular weight excluding hydrogens is 545 g/mol. The van der Waals surface area contributed by atoms with E-state index in [0.717, 1.165) is 50.2 Å². The molecule has 2 N–H and O–H groups in total. The number of hydrogen-bond acceptors (Lipinski definition) is 6. The largest absolute Gasteiger partial charge is 0.481 e. The lowest BCUT2D eigenvalue weighted by atomic mass is 9.65. The van der Waals surface area contributed by atoms with Crippen LogP contribution in [0.3, 0.4) is 0 Å². The van der Waals surface area contributed by atoms with Gasteiger partial charge >= 0.3 is 5.97 Å². The van der Waals surface area contributed by atoms with Crippen LogP contribution in [0.2, 0.25) is 15.1 Å². The number of rotatable bonds is 7. The fraction of sp³-hybridized carbons (Fsp3) is 0.607. The minimum absolute atomic E-state index is 0.125. The molecule has 3 aliphatic rings. The number of anilines is 2. The molecule has 5 rings (SSSR count). The smallest absolute Gasteiger partial charge is 0.309 e. The molecular formula is C28H36Cl3N5O2. The van der Waals surface area contributed by atoms with Gasteiger partial charge in [0.1, 0.15) is 5.02 Å². The van der Waals surface area contributed by atoms with Gasteiger partial charge in [-0.25, -0.2) is 4.98 Å². The molecule has 1 aromatic carbocycles. The van der Waals surface area contributed by atoms with Crippen LogP contribution < -0.4 is 10.2 Å². The average Bonchev–Trinajstić information content (AvgIpc) is 3.34. The van der Waals surface area contributed by atoms with E-state index in [0.29, 0.717) is 44.8 Å². The number of aryl methyl sites for hydroxylation is 1. The van der Waals surface area contributed by atoms with Gasteiger partial charge in [-0.2, -0.15) is 4.98 Å². The summed E-state index contributed by atoms with van der Waals surface area (Å²) in [4.78, 5) is 26.2. The van der Waals surface area contributed by atoms with Crippen LogP contribution in [0.1, 0.15) is 69.7 Å². The van der Waals surface area contributed by atoms with Crippen molar-refractivity contribution in [2.45, 2.75) is 77.4 Å². The summed E-state index contributed by atoms with van der Waals surface area (Å²) in [5, 5.41) is 14.7. The van der Waals surface area contributed by atoms with Gasteiger partial charge < -0.3 is 15.3 Å². The van der Waals surface area contributed by atoms with Gasteiger partial charge in [0.25, 0.3) is 0 Å². The molecule has 2 aliphatic heterocycles. The number of aromatic nitrogens is 2. The van der Waals surface area contributed by atoms with Gasteiger partial charge in [-0.1, -0.05) is 47.3 Å². The Labute approximate surface area is 239 Å². The van der Waals surface area contributed by atoms with Crippen molar-refractivity contribution >= 4 is 52.5 Å². The van der Waals surface area contributed by atoms with Gasteiger partial charge in [-0.3, -0.25) is 9.69 Å². The lowest BCUT2D eigenvalue weighted by Crippen LogP contribution is -2.58. The molecule has 3 atom stereocenters. The lowest BCUT2D eigenvalue weighted by molar-refractivity contribution is -0.159. The van der Waals surface area contributed by atoms with Crippen molar-refractivity contribution in [2.24, 2.45) is 11.3 Å². The Bertz CT molecular complexity index is 1210. The maximum absolute atomic E-state index is 11.7. The van der Waals surface area contributed by atoms with E-state index in [1.807, 2.05) is 32.9 Å². The molecule has 1 aromatic heterocycles. The average molecular weight is 581 g/mol. The van der Waals surface area contributed by atoms with E-state index in [4.69, 9.17) is 44.8 Å². The number of benzene rings is 1. The molecule has 1 aliphatic carbocycles. The first-order valence-electron chi connectivity index (χ1n) is 13.6. The van der Waals surface area contributed by atoms with Crippen LogP contribution in [0.25, 0.3) is 0 Å². The summed E-state index contributed by atoms with van der Waals surface area (Å²) >= 11 is 19.1. The number of piperidine rings is 1. The standard InChI is InChI=1S/C28H36Cl3N5O2/c1-16(21-8-7-19(29)12-22(21)30)32-25-24(31)17(2)33-27(34-25)35-11-9-18(15-35)23-6-4-5-10-36(23)20-13-28(3,14-20)26(37)38/h7-8,12,16,18,20,23H,4-6,9-11,13-15H2,1-3H3,(H,37,38)(H,32,33,34)/t16?,18-,20?,23?,28?/m1/s1. The quantitative estimate of drug-likeness (QED) is 0.370. The first kappa shape index (κ1) is 27.8. The Morgan fingerprint density at radius 2 is 1.92 bits per heavy atom. The Morgan fingerprint density at radius 3 is 2.63 bits per heavy atom. The summed E-state index contributed by atoms with van der Waals surface area (Å²) in [7, 11) is 0. The third-order valence-corrected chi connectivity index (χ3v) is 9.80. The normalized spacial score (nSPS) is 28.7. The van der Waals surface area contributed by atoms with Gasteiger partial charge in [0.15, 0.2) is 5.82 Å². The van der Waals surface area contributed by atoms with Crippen molar-refractivity contribution in [1.82, 2.24) is 14.9 Å². The van der Waals surface area contributed by atoms with E-state index in [9.17, 15) is 9.90 Å². The minimum atomic E-state index is -0.665. The van der Waals surface area contributed by atoms with Crippen molar-refractivity contribution in [3.05, 3.63) is 44.5 Å². The highest BCUT2D eigenvalue weighted by atomic mass is 35.5. The number of nitrogens with one attached hydrogen (secondary N) is 1. The topological polar surface area (TPSA) is 81.6 Å². The molecule has 206 valence electrons. The number of likely N-dealkylation sites (tertiary alicyclic amines) is 1. The molecule has 3 fully saturated rings. The molecule has 0 radical (unpaired) electrons. The second kappa shape index (κ2) is 11.0. The van der Waals surface area contributed by atoms with Crippen molar-refractivity contribution in [3.63, 3.8) is 0 Å². The minimum Gasteiger partial charge on any atom is -0.481 e. The van der Waals surface area contributed by atoms with Gasteiger partial charge in [-0.15, -0.1) is 0 Å². The first-order chi connectivity index (χ1) is 18.1. The van der Waals surface area contributed by atoms with E-state index in [1.54, 1.807) is 6.07 Å². The Morgan fingerprint density at radius 1 is 1.16 bits per heavy atom. The van der Waals surface area contributed by atoms with E-state index in [1.165, 1.54) is 19.3 Å². The number of nitrogens with zero attached hydrogens (tertiary/aromatic N) is 4. The van der Waals surface area contributed by atoms with Gasteiger partial charge in [0.05, 0.1) is 17.2 Å². The summed E-state index contributed by atoms with van der Waals surface area (Å²) < 4.78 is 0. The maximum atomic E-state index is 11.7. The molecule has 1 saturated carbocycles. The molecule has 7 nitrogen and oxygen atoms in total. The predicted molar refractivity (Wildman–Crippen MR) is 154 cm³/mol. The summed E-state index contributed by atoms with van der Waals surface area (Å²) in [6.07, 6.45) is 6.17. The summed E-state index contributed by atoms with van der Waals surface area (Å²) in [6.45, 7) is 8.66. The van der Waals surface area contributed by atoms with E-state index in [-0.39, 0.29) is 6.04 Å². The molecule has 3 heterocycles. The Balaban J connectivity index is 1.29. The number of carboxylic acid groups (broad SMARTS) is 1. The number of aliphatic carboxylic acids is 1. The molecule has 10 heteroatoms. The third-order valence-electron chi connectivity index (χ3n) is 8.79. The number of carboxylic acids is 1. The fourth-order valence-corrected chi connectivity index (χ4v) is 7.24. The van der Waals surface area contributed by atoms with Crippen LogP contribution in [0.5, 0.6) is 0 Å². The monoisotopic (exact) mass is 579 g/mol. The van der Waals surface area contributed by atoms with Crippen molar-refractivity contribution in [1.29, 1.82) is 0 Å². The Kier molecular flexibility index (Phi) is 8.03. The molecule has 0 bridgehead atoms. The lowest BCUT2D eigenvalue weighted by Gasteiger charge is -2.52. The van der Waals surface area contributed by atoms with Crippen LogP contribution in [0.15, 0.2) is 18.2 Å². The zero-order valence-electron chi connectivity index (χ0n) is 22.2. The Hall–Kier alpha value is -1.80.